The van der Waals surface area contributed by atoms with E-state index in [0.717, 1.165) is 55.4 Å². The van der Waals surface area contributed by atoms with Crippen molar-refractivity contribution < 1.29 is 9.59 Å². The molecule has 2 aromatic carbocycles. The van der Waals surface area contributed by atoms with E-state index in [-0.39, 0.29) is 24.2 Å². The lowest BCUT2D eigenvalue weighted by Gasteiger charge is -2.12. The average Bonchev–Trinajstić information content (AvgIpc) is 3.14. The van der Waals surface area contributed by atoms with Crippen LogP contribution < -0.4 is 5.32 Å². The summed E-state index contributed by atoms with van der Waals surface area (Å²) in [5, 5.41) is 3.67. The van der Waals surface area contributed by atoms with E-state index in [1.54, 1.807) is 24.3 Å². The van der Waals surface area contributed by atoms with Gasteiger partial charge >= 0.3 is 0 Å². The van der Waals surface area contributed by atoms with Crippen LogP contribution in [0.15, 0.2) is 48.5 Å². The molecule has 0 saturated carbocycles. The first-order valence-corrected chi connectivity index (χ1v) is 11.9. The van der Waals surface area contributed by atoms with E-state index in [9.17, 15) is 9.59 Å². The Bertz CT molecular complexity index is 1040. The Morgan fingerprint density at radius 2 is 1.72 bits per heavy atom. The maximum atomic E-state index is 12.9. The van der Waals surface area contributed by atoms with Crippen molar-refractivity contribution in [3.63, 3.8) is 0 Å². The molecule has 6 heteroatoms. The minimum absolute atomic E-state index is 0.0372. The number of nitrogens with zero attached hydrogens (tertiary/aromatic N) is 2. The molecule has 0 saturated heterocycles. The fraction of sp³-hybridized carbons (Fsp3) is 0.423. The van der Waals surface area contributed by atoms with Crippen molar-refractivity contribution in [3.8, 4) is 0 Å². The van der Waals surface area contributed by atoms with Gasteiger partial charge in [-0.05, 0) is 62.1 Å². The van der Waals surface area contributed by atoms with Gasteiger partial charge in [-0.15, -0.1) is 0 Å². The van der Waals surface area contributed by atoms with Gasteiger partial charge in [-0.25, -0.2) is 4.98 Å². The third kappa shape index (κ3) is 6.19. The maximum Gasteiger partial charge on any atom is 0.223 e. The molecule has 0 aliphatic heterocycles. The van der Waals surface area contributed by atoms with Crippen LogP contribution in [0.1, 0.15) is 62.1 Å². The second-order valence-electron chi connectivity index (χ2n) is 8.15. The summed E-state index contributed by atoms with van der Waals surface area (Å²) in [5.74, 6) is 1.25. The second-order valence-corrected chi connectivity index (χ2v) is 8.58. The molecule has 1 heterocycles. The Hall–Kier alpha value is -2.66. The molecule has 0 aliphatic carbocycles. The third-order valence-corrected chi connectivity index (χ3v) is 6.19. The van der Waals surface area contributed by atoms with Crippen LogP contribution in [-0.2, 0) is 17.8 Å². The molecular formula is C26H32ClN3O2. The highest BCUT2D eigenvalue weighted by molar-refractivity contribution is 6.30. The number of halogens is 1. The zero-order valence-corrected chi connectivity index (χ0v) is 19.7. The van der Waals surface area contributed by atoms with Gasteiger partial charge in [-0.1, -0.05) is 44.0 Å². The molecule has 0 radical (unpaired) electrons. The zero-order valence-electron chi connectivity index (χ0n) is 18.9. The summed E-state index contributed by atoms with van der Waals surface area (Å²) in [7, 11) is 0. The highest BCUT2D eigenvalue weighted by Gasteiger charge is 2.15. The van der Waals surface area contributed by atoms with Crippen LogP contribution in [-0.4, -0.2) is 27.8 Å². The van der Waals surface area contributed by atoms with Crippen molar-refractivity contribution in [2.24, 2.45) is 5.92 Å². The Morgan fingerprint density at radius 3 is 2.44 bits per heavy atom. The Labute approximate surface area is 195 Å². The molecule has 0 atom stereocenters. The van der Waals surface area contributed by atoms with Crippen molar-refractivity contribution in [1.82, 2.24) is 14.9 Å². The number of para-hydroxylation sites is 2. The smallest absolute Gasteiger partial charge is 0.223 e. The van der Waals surface area contributed by atoms with Crippen molar-refractivity contribution in [2.45, 2.75) is 58.9 Å². The van der Waals surface area contributed by atoms with Crippen LogP contribution in [0.4, 0.5) is 0 Å². The zero-order chi connectivity index (χ0) is 22.9. The summed E-state index contributed by atoms with van der Waals surface area (Å²) >= 11 is 5.95. The number of nitrogens with one attached hydrogen (secondary N) is 1. The number of ketones is 1. The largest absolute Gasteiger partial charge is 0.356 e. The second kappa shape index (κ2) is 11.8. The number of Topliss-reactive ketones (excluding diaryl/α,β-unsaturated/α-hetero) is 1. The van der Waals surface area contributed by atoms with Crippen molar-refractivity contribution in [3.05, 3.63) is 64.9 Å². The van der Waals surface area contributed by atoms with Crippen LogP contribution in [0.2, 0.25) is 5.02 Å². The van der Waals surface area contributed by atoms with Gasteiger partial charge in [-0.2, -0.15) is 0 Å². The molecule has 32 heavy (non-hydrogen) atoms. The number of hydrogen-bond donors (Lipinski definition) is 1. The Balaban J connectivity index is 1.59. The van der Waals surface area contributed by atoms with Gasteiger partial charge in [0, 0.05) is 29.5 Å². The number of hydrogen-bond acceptors (Lipinski definition) is 3. The van der Waals surface area contributed by atoms with Gasteiger partial charge < -0.3 is 9.88 Å². The van der Waals surface area contributed by atoms with E-state index in [1.807, 2.05) is 28.8 Å². The lowest BCUT2D eigenvalue weighted by molar-refractivity contribution is -0.125. The predicted octanol–water partition coefficient (Wildman–Crippen LogP) is 5.84. The third-order valence-electron chi connectivity index (χ3n) is 5.93. The number of fused-ring (bicyclic) bond motifs is 1. The number of aryl methyl sites for hydroxylation is 1. The molecule has 170 valence electrons. The first-order chi connectivity index (χ1) is 15.5. The van der Waals surface area contributed by atoms with Gasteiger partial charge in [0.15, 0.2) is 5.78 Å². The van der Waals surface area contributed by atoms with Crippen molar-refractivity contribution in [1.29, 1.82) is 0 Å². The van der Waals surface area contributed by atoms with E-state index in [0.29, 0.717) is 17.1 Å². The van der Waals surface area contributed by atoms with Gasteiger partial charge in [-0.3, -0.25) is 9.59 Å². The lowest BCUT2D eigenvalue weighted by atomic mass is 10.0. The summed E-state index contributed by atoms with van der Waals surface area (Å²) in [4.78, 5) is 29.7. The maximum absolute atomic E-state index is 12.9. The monoisotopic (exact) mass is 453 g/mol. The van der Waals surface area contributed by atoms with E-state index in [2.05, 4.69) is 19.2 Å². The van der Waals surface area contributed by atoms with Crippen LogP contribution in [0.5, 0.6) is 0 Å². The fourth-order valence-corrected chi connectivity index (χ4v) is 4.09. The summed E-state index contributed by atoms with van der Waals surface area (Å²) in [6.07, 6.45) is 5.45. The molecule has 1 N–H and O–H groups in total. The first kappa shape index (κ1) is 24.0. The van der Waals surface area contributed by atoms with Gasteiger partial charge in [0.1, 0.15) is 5.82 Å². The van der Waals surface area contributed by atoms with Crippen LogP contribution in [0.3, 0.4) is 0 Å². The van der Waals surface area contributed by atoms with Crippen LogP contribution in [0.25, 0.3) is 11.0 Å². The predicted molar refractivity (Wildman–Crippen MR) is 130 cm³/mol. The molecule has 3 rings (SSSR count). The summed E-state index contributed by atoms with van der Waals surface area (Å²) in [5.41, 5.74) is 2.53. The number of unbranched alkanes of at least 4 members (excludes halogenated alkanes) is 2. The number of amides is 1. The number of carbonyl (C=O) groups is 2. The van der Waals surface area contributed by atoms with Crippen molar-refractivity contribution >= 4 is 34.3 Å². The summed E-state index contributed by atoms with van der Waals surface area (Å²) in [6.45, 7) is 5.07. The quantitative estimate of drug-likeness (QED) is 0.277. The summed E-state index contributed by atoms with van der Waals surface area (Å²) < 4.78 is 2.03. The topological polar surface area (TPSA) is 64.0 Å². The fourth-order valence-electron chi connectivity index (χ4n) is 3.96. The highest BCUT2D eigenvalue weighted by atomic mass is 35.5. The number of aromatic nitrogens is 2. The Morgan fingerprint density at radius 1 is 1.00 bits per heavy atom. The Kier molecular flexibility index (Phi) is 8.86. The lowest BCUT2D eigenvalue weighted by Crippen LogP contribution is -2.30. The molecular weight excluding hydrogens is 422 g/mol. The number of rotatable bonds is 12. The molecule has 1 amide bonds. The number of imidazole rings is 1. The average molecular weight is 454 g/mol. The number of benzene rings is 2. The van der Waals surface area contributed by atoms with Crippen LogP contribution >= 0.6 is 11.6 Å². The molecule has 5 nitrogen and oxygen atoms in total. The minimum atomic E-state index is 0.0372. The molecule has 0 unspecified atom stereocenters. The van der Waals surface area contributed by atoms with Crippen LogP contribution in [0, 0.1) is 5.92 Å². The molecule has 0 bridgehead atoms. The van der Waals surface area contributed by atoms with E-state index < -0.39 is 0 Å². The SMILES string of the molecule is CCC(CC)C(=O)NCCCCCc1nc2ccccc2n1CC(=O)c1ccc(Cl)cc1. The standard InChI is InChI=1S/C26H32ClN3O2/c1-3-19(4-2)26(32)28-17-9-5-6-12-25-29-22-10-7-8-11-23(22)30(25)18-24(31)20-13-15-21(27)16-14-20/h7-8,10-11,13-16,19H,3-6,9,12,17-18H2,1-2H3,(H,28,32). The van der Waals surface area contributed by atoms with Gasteiger partial charge in [0.2, 0.25) is 5.91 Å². The van der Waals surface area contributed by atoms with Crippen molar-refractivity contribution in [2.75, 3.05) is 6.54 Å². The van der Waals surface area contributed by atoms with E-state index in [1.165, 1.54) is 0 Å². The van der Waals surface area contributed by atoms with Gasteiger partial charge in [0.25, 0.3) is 0 Å². The highest BCUT2D eigenvalue weighted by Crippen LogP contribution is 2.19. The summed E-state index contributed by atoms with van der Waals surface area (Å²) in [6, 6.07) is 14.9. The van der Waals surface area contributed by atoms with Gasteiger partial charge in [0.05, 0.1) is 17.6 Å². The number of carbonyl (C=O) groups excluding carboxylic acids is 2. The molecule has 1 aromatic heterocycles. The first-order valence-electron chi connectivity index (χ1n) is 11.5. The molecule has 0 spiro atoms. The minimum Gasteiger partial charge on any atom is -0.356 e. The van der Waals surface area contributed by atoms with E-state index in [4.69, 9.17) is 16.6 Å². The molecule has 0 aliphatic rings. The normalized spacial score (nSPS) is 11.2. The molecule has 3 aromatic rings. The van der Waals surface area contributed by atoms with E-state index >= 15 is 0 Å². The molecule has 0 fully saturated rings.